The molecule has 29 heavy (non-hydrogen) atoms. The molecule has 2 amide bonds. The number of nitrogens with one attached hydrogen (secondary N) is 2. The van der Waals surface area contributed by atoms with E-state index in [9.17, 15) is 14.0 Å². The molecule has 0 spiro atoms. The fourth-order valence-electron chi connectivity index (χ4n) is 2.46. The van der Waals surface area contributed by atoms with Gasteiger partial charge < -0.3 is 10.1 Å². The maximum absolute atomic E-state index is 12.9. The van der Waals surface area contributed by atoms with Gasteiger partial charge in [-0.05, 0) is 66.2 Å². The summed E-state index contributed by atoms with van der Waals surface area (Å²) < 4.78 is 18.1. The monoisotopic (exact) mass is 391 g/mol. The molecule has 3 rings (SSSR count). The summed E-state index contributed by atoms with van der Waals surface area (Å²) >= 11 is 0. The lowest BCUT2D eigenvalue weighted by molar-refractivity contribution is 0.0954. The van der Waals surface area contributed by atoms with Crippen LogP contribution in [0.1, 0.15) is 26.3 Å². The normalized spacial score (nSPS) is 10.6. The van der Waals surface area contributed by atoms with Crippen LogP contribution in [0.5, 0.6) is 5.75 Å². The number of carbonyl (C=O) groups excluding carboxylic acids is 2. The molecule has 0 saturated heterocycles. The molecule has 0 aliphatic carbocycles. The van der Waals surface area contributed by atoms with Crippen molar-refractivity contribution in [2.75, 3.05) is 12.4 Å². The summed E-state index contributed by atoms with van der Waals surface area (Å²) in [5, 5.41) is 6.62. The Labute approximate surface area is 167 Å². The number of amides is 2. The Balaban J connectivity index is 1.57. The van der Waals surface area contributed by atoms with Crippen LogP contribution in [-0.2, 0) is 0 Å². The van der Waals surface area contributed by atoms with Crippen LogP contribution in [-0.4, -0.2) is 25.1 Å². The zero-order valence-electron chi connectivity index (χ0n) is 15.6. The van der Waals surface area contributed by atoms with Crippen molar-refractivity contribution in [3.05, 3.63) is 95.3 Å². The van der Waals surface area contributed by atoms with E-state index in [1.54, 1.807) is 37.4 Å². The summed E-state index contributed by atoms with van der Waals surface area (Å²) in [6.07, 6.45) is 1.51. The van der Waals surface area contributed by atoms with Crippen molar-refractivity contribution >= 4 is 23.7 Å². The highest BCUT2D eigenvalue weighted by molar-refractivity contribution is 6.04. The van der Waals surface area contributed by atoms with Gasteiger partial charge in [0.25, 0.3) is 11.8 Å². The van der Waals surface area contributed by atoms with E-state index in [1.807, 2.05) is 18.2 Å². The number of benzene rings is 3. The quantitative estimate of drug-likeness (QED) is 0.495. The SMILES string of the molecule is COc1cccc(/C=N/NC(=O)c2ccc(NC(=O)c3ccc(F)cc3)cc2)c1. The predicted molar refractivity (Wildman–Crippen MR) is 109 cm³/mol. The van der Waals surface area contributed by atoms with Crippen molar-refractivity contribution in [1.29, 1.82) is 0 Å². The van der Waals surface area contributed by atoms with E-state index in [-0.39, 0.29) is 11.8 Å². The van der Waals surface area contributed by atoms with Crippen molar-refractivity contribution in [3.8, 4) is 5.75 Å². The Morgan fingerprint density at radius 2 is 1.59 bits per heavy atom. The molecular formula is C22H18FN3O3. The number of hydrogen-bond acceptors (Lipinski definition) is 4. The lowest BCUT2D eigenvalue weighted by Gasteiger charge is -2.06. The van der Waals surface area contributed by atoms with Crippen LogP contribution < -0.4 is 15.5 Å². The first kappa shape index (κ1) is 19.8. The molecule has 146 valence electrons. The first-order valence-electron chi connectivity index (χ1n) is 8.69. The van der Waals surface area contributed by atoms with Crippen LogP contribution >= 0.6 is 0 Å². The number of hydrazone groups is 1. The standard InChI is InChI=1S/C22H18FN3O3/c1-29-20-4-2-3-15(13-20)14-24-26-22(28)17-7-11-19(12-8-17)25-21(27)16-5-9-18(23)10-6-16/h2-14H,1H3,(H,25,27)(H,26,28)/b24-14+. The largest absolute Gasteiger partial charge is 0.497 e. The van der Waals surface area contributed by atoms with E-state index in [2.05, 4.69) is 15.8 Å². The van der Waals surface area contributed by atoms with Gasteiger partial charge in [-0.2, -0.15) is 5.10 Å². The van der Waals surface area contributed by atoms with Gasteiger partial charge in [-0.25, -0.2) is 9.82 Å². The van der Waals surface area contributed by atoms with Crippen LogP contribution in [0.3, 0.4) is 0 Å². The van der Waals surface area contributed by atoms with Crippen molar-refractivity contribution in [1.82, 2.24) is 5.43 Å². The molecule has 0 atom stereocenters. The first-order chi connectivity index (χ1) is 14.0. The van der Waals surface area contributed by atoms with Gasteiger partial charge in [0.2, 0.25) is 0 Å². The summed E-state index contributed by atoms with van der Waals surface area (Å²) in [5.74, 6) is -0.477. The minimum atomic E-state index is -0.411. The zero-order valence-corrected chi connectivity index (χ0v) is 15.6. The molecular weight excluding hydrogens is 373 g/mol. The van der Waals surface area contributed by atoms with Crippen LogP contribution in [0.2, 0.25) is 0 Å². The molecule has 7 heteroatoms. The third-order valence-electron chi connectivity index (χ3n) is 3.98. The number of nitrogens with zero attached hydrogens (tertiary/aromatic N) is 1. The number of rotatable bonds is 6. The molecule has 6 nitrogen and oxygen atoms in total. The Kier molecular flexibility index (Phi) is 6.32. The fourth-order valence-corrected chi connectivity index (χ4v) is 2.46. The van der Waals surface area contributed by atoms with Crippen LogP contribution in [0, 0.1) is 5.82 Å². The van der Waals surface area contributed by atoms with E-state index in [4.69, 9.17) is 4.74 Å². The average molecular weight is 391 g/mol. The van der Waals surface area contributed by atoms with Crippen LogP contribution in [0.15, 0.2) is 77.9 Å². The van der Waals surface area contributed by atoms with Gasteiger partial charge in [0.05, 0.1) is 13.3 Å². The third kappa shape index (κ3) is 5.49. The lowest BCUT2D eigenvalue weighted by atomic mass is 10.1. The minimum Gasteiger partial charge on any atom is -0.497 e. The number of ether oxygens (including phenoxy) is 1. The highest BCUT2D eigenvalue weighted by Gasteiger charge is 2.08. The van der Waals surface area contributed by atoms with E-state index < -0.39 is 5.82 Å². The molecule has 0 aromatic heterocycles. The maximum Gasteiger partial charge on any atom is 0.271 e. The molecule has 0 aliphatic heterocycles. The Hall–Kier alpha value is -4.00. The van der Waals surface area contributed by atoms with Gasteiger partial charge in [-0.1, -0.05) is 12.1 Å². The molecule has 3 aromatic carbocycles. The summed E-state index contributed by atoms with van der Waals surface area (Å²) in [6, 6.07) is 18.8. The fraction of sp³-hybridized carbons (Fsp3) is 0.0455. The Morgan fingerprint density at radius 3 is 2.28 bits per heavy atom. The van der Waals surface area contributed by atoms with E-state index in [0.717, 1.165) is 5.56 Å². The van der Waals surface area contributed by atoms with Gasteiger partial charge in [0, 0.05) is 16.8 Å². The van der Waals surface area contributed by atoms with Gasteiger partial charge in [-0.3, -0.25) is 9.59 Å². The van der Waals surface area contributed by atoms with Crippen LogP contribution in [0.25, 0.3) is 0 Å². The minimum absolute atomic E-state index is 0.333. The second-order valence-corrected chi connectivity index (χ2v) is 6.01. The second-order valence-electron chi connectivity index (χ2n) is 6.01. The summed E-state index contributed by atoms with van der Waals surface area (Å²) in [5.41, 5.74) is 4.45. The average Bonchev–Trinajstić information content (AvgIpc) is 2.74. The highest BCUT2D eigenvalue weighted by atomic mass is 19.1. The van der Waals surface area contributed by atoms with Crippen molar-refractivity contribution < 1.29 is 18.7 Å². The lowest BCUT2D eigenvalue weighted by Crippen LogP contribution is -2.17. The third-order valence-corrected chi connectivity index (χ3v) is 3.98. The molecule has 0 bridgehead atoms. The first-order valence-corrected chi connectivity index (χ1v) is 8.69. The second kappa shape index (κ2) is 9.27. The summed E-state index contributed by atoms with van der Waals surface area (Å²) in [4.78, 5) is 24.3. The molecule has 0 aliphatic rings. The number of hydrogen-bond donors (Lipinski definition) is 2. The summed E-state index contributed by atoms with van der Waals surface area (Å²) in [7, 11) is 1.57. The molecule has 0 heterocycles. The molecule has 0 radical (unpaired) electrons. The van der Waals surface area contributed by atoms with Gasteiger partial charge >= 0.3 is 0 Å². The molecule has 2 N–H and O–H groups in total. The van der Waals surface area contributed by atoms with Gasteiger partial charge in [-0.15, -0.1) is 0 Å². The van der Waals surface area contributed by atoms with E-state index in [1.165, 1.54) is 30.5 Å². The Morgan fingerprint density at radius 1 is 0.931 bits per heavy atom. The topological polar surface area (TPSA) is 79.8 Å². The number of anilines is 1. The van der Waals surface area contributed by atoms with E-state index >= 15 is 0 Å². The number of methoxy groups -OCH3 is 1. The Bertz CT molecular complexity index is 1030. The zero-order chi connectivity index (χ0) is 20.6. The van der Waals surface area contributed by atoms with Gasteiger partial charge in [0.1, 0.15) is 11.6 Å². The van der Waals surface area contributed by atoms with Crippen molar-refractivity contribution in [2.24, 2.45) is 5.10 Å². The summed E-state index contributed by atoms with van der Waals surface area (Å²) in [6.45, 7) is 0. The van der Waals surface area contributed by atoms with Crippen molar-refractivity contribution in [2.45, 2.75) is 0 Å². The number of carbonyl (C=O) groups is 2. The smallest absolute Gasteiger partial charge is 0.271 e. The predicted octanol–water partition coefficient (Wildman–Crippen LogP) is 3.85. The van der Waals surface area contributed by atoms with Gasteiger partial charge in [0.15, 0.2) is 0 Å². The molecule has 3 aromatic rings. The highest BCUT2D eigenvalue weighted by Crippen LogP contribution is 2.13. The molecule has 0 unspecified atom stereocenters. The maximum atomic E-state index is 12.9. The van der Waals surface area contributed by atoms with Crippen molar-refractivity contribution in [3.63, 3.8) is 0 Å². The molecule has 0 saturated carbocycles. The van der Waals surface area contributed by atoms with E-state index in [0.29, 0.717) is 22.6 Å². The van der Waals surface area contributed by atoms with Crippen LogP contribution in [0.4, 0.5) is 10.1 Å². The number of halogens is 1. The molecule has 0 fully saturated rings.